The second-order valence-electron chi connectivity index (χ2n) is 4.80. The summed E-state index contributed by atoms with van der Waals surface area (Å²) in [6.45, 7) is 4.88. The number of amides is 1. The number of nitrogens with two attached hydrogens (primary N) is 1. The molecule has 2 aromatic rings. The normalized spacial score (nSPS) is 18.3. The number of nitrogens with zero attached hydrogens (tertiary/aromatic N) is 5. The van der Waals surface area contributed by atoms with Crippen LogP contribution in [-0.4, -0.2) is 43.6 Å². The van der Waals surface area contributed by atoms with E-state index in [0.29, 0.717) is 23.4 Å². The predicted molar refractivity (Wildman–Crippen MR) is 73.6 cm³/mol. The molecule has 0 spiro atoms. The van der Waals surface area contributed by atoms with Crippen LogP contribution in [0.1, 0.15) is 18.9 Å². The van der Waals surface area contributed by atoms with Crippen molar-refractivity contribution in [3.63, 3.8) is 0 Å². The fourth-order valence-electron chi connectivity index (χ4n) is 2.56. The van der Waals surface area contributed by atoms with Gasteiger partial charge in [0, 0.05) is 57.3 Å². The average Bonchev–Trinajstić information content (AvgIpc) is 2.92. The van der Waals surface area contributed by atoms with Crippen molar-refractivity contribution in [2.24, 2.45) is 0 Å². The van der Waals surface area contributed by atoms with Gasteiger partial charge in [-0.15, -0.1) is 0 Å². The molecule has 7 nitrogen and oxygen atoms in total. The Kier molecular flexibility index (Phi) is 5.06. The van der Waals surface area contributed by atoms with E-state index >= 15 is 0 Å². The minimum Gasteiger partial charge on any atom is -0.434 e. The summed E-state index contributed by atoms with van der Waals surface area (Å²) >= 11 is 0. The molecule has 1 aliphatic rings. The van der Waals surface area contributed by atoms with Crippen LogP contribution in [0.4, 0.5) is 5.82 Å². The molecule has 21 heavy (non-hydrogen) atoms. The first-order valence-corrected chi connectivity index (χ1v) is 6.48. The Morgan fingerprint density at radius 1 is 1.52 bits per heavy atom. The van der Waals surface area contributed by atoms with E-state index < -0.39 is 0 Å². The third-order valence-corrected chi connectivity index (χ3v) is 3.57. The smallest absolute Gasteiger partial charge is 0.246 e. The number of fused-ring (bicyclic) bond motifs is 1. The molecule has 8 heteroatoms. The Bertz CT molecular complexity index is 670. The van der Waals surface area contributed by atoms with Crippen molar-refractivity contribution in [2.45, 2.75) is 18.9 Å². The van der Waals surface area contributed by atoms with Gasteiger partial charge in [0.05, 0.1) is 12.4 Å². The van der Waals surface area contributed by atoms with E-state index in [2.05, 4.69) is 27.8 Å². The van der Waals surface area contributed by atoms with Gasteiger partial charge in [0.1, 0.15) is 0 Å². The topological polar surface area (TPSA) is 89.9 Å². The van der Waals surface area contributed by atoms with Gasteiger partial charge in [0.15, 0.2) is 0 Å². The first-order valence-electron chi connectivity index (χ1n) is 6.48. The number of carbonyl (C=O) groups is 1. The van der Waals surface area contributed by atoms with Crippen LogP contribution in [0.15, 0.2) is 19.0 Å². The van der Waals surface area contributed by atoms with Gasteiger partial charge in [-0.05, 0) is 25.1 Å². The Morgan fingerprint density at radius 2 is 2.33 bits per heavy atom. The van der Waals surface area contributed by atoms with E-state index in [0.717, 1.165) is 19.4 Å². The van der Waals surface area contributed by atoms with Gasteiger partial charge in [-0.3, -0.25) is 19.9 Å². The standard InChI is InChI=1S/C13H15N6O.Y/c1-2-11(20)18-5-3-4-9(7-18)19-13-10(6-17-19)12(14)15-8-16-13;/h2,8-9H,1,3-5,7H2,(H2,14,15,16);/q-1;/t9-;/m1./s1. The van der Waals surface area contributed by atoms with Gasteiger partial charge in [0.2, 0.25) is 5.91 Å². The molecule has 3 heterocycles. The molecule has 0 unspecified atom stereocenters. The van der Waals surface area contributed by atoms with E-state index in [-0.39, 0.29) is 44.7 Å². The van der Waals surface area contributed by atoms with Gasteiger partial charge in [-0.2, -0.15) is 0 Å². The van der Waals surface area contributed by atoms with Crippen LogP contribution in [-0.2, 0) is 37.5 Å². The molecule has 3 rings (SSSR count). The van der Waals surface area contributed by atoms with Gasteiger partial charge in [-0.25, -0.2) is 0 Å². The van der Waals surface area contributed by atoms with Gasteiger partial charge in [0.25, 0.3) is 0 Å². The van der Waals surface area contributed by atoms with Crippen molar-refractivity contribution < 1.29 is 37.5 Å². The zero-order chi connectivity index (χ0) is 14.1. The Hall–Kier alpha value is -1.34. The van der Waals surface area contributed by atoms with E-state index in [1.807, 2.05) is 0 Å². The fourth-order valence-corrected chi connectivity index (χ4v) is 2.56. The van der Waals surface area contributed by atoms with E-state index in [9.17, 15) is 4.79 Å². The van der Waals surface area contributed by atoms with Crippen LogP contribution < -0.4 is 5.73 Å². The number of hydrogen-bond donors (Lipinski definition) is 1. The monoisotopic (exact) mass is 360 g/mol. The molecular formula is C13H15N6OY-. The van der Waals surface area contributed by atoms with E-state index in [1.54, 1.807) is 9.58 Å². The van der Waals surface area contributed by atoms with Crippen molar-refractivity contribution in [1.29, 1.82) is 0 Å². The second kappa shape index (κ2) is 6.62. The molecule has 1 fully saturated rings. The van der Waals surface area contributed by atoms with Crippen LogP contribution in [0.2, 0.25) is 0 Å². The molecular weight excluding hydrogens is 345 g/mol. The maximum absolute atomic E-state index is 11.7. The van der Waals surface area contributed by atoms with Gasteiger partial charge in [-0.1, -0.05) is 12.0 Å². The summed E-state index contributed by atoms with van der Waals surface area (Å²) in [5.41, 5.74) is 6.45. The predicted octanol–water partition coefficient (Wildman–Crippen LogP) is 0.556. The first kappa shape index (κ1) is 16.0. The molecule has 0 aliphatic carbocycles. The molecule has 1 atom stereocenters. The maximum Gasteiger partial charge on any atom is 0.246 e. The summed E-state index contributed by atoms with van der Waals surface area (Å²) in [4.78, 5) is 21.6. The number of nitrogen functional groups attached to an aromatic ring is 1. The zero-order valence-corrected chi connectivity index (χ0v) is 14.4. The van der Waals surface area contributed by atoms with Crippen molar-refractivity contribution >= 4 is 22.8 Å². The number of piperidine rings is 1. The Balaban J connectivity index is 0.00000161. The zero-order valence-electron chi connectivity index (χ0n) is 11.6. The summed E-state index contributed by atoms with van der Waals surface area (Å²) in [6, 6.07) is 0.0794. The van der Waals surface area contributed by atoms with Crippen LogP contribution in [0.3, 0.4) is 0 Å². The van der Waals surface area contributed by atoms with Gasteiger partial charge >= 0.3 is 0 Å². The number of hydrogen-bond acceptors (Lipinski definition) is 5. The molecule has 1 aliphatic heterocycles. The van der Waals surface area contributed by atoms with Crippen molar-refractivity contribution in [3.05, 3.63) is 25.2 Å². The number of aromatic nitrogens is 4. The summed E-state index contributed by atoms with van der Waals surface area (Å²) in [7, 11) is 0. The minimum absolute atomic E-state index is 0. The summed E-state index contributed by atoms with van der Waals surface area (Å²) < 4.78 is 1.79. The summed E-state index contributed by atoms with van der Waals surface area (Å²) in [5.74, 6) is 0.320. The van der Waals surface area contributed by atoms with Crippen LogP contribution >= 0.6 is 0 Å². The first-order chi connectivity index (χ1) is 9.70. The molecule has 0 aromatic carbocycles. The summed E-state index contributed by atoms with van der Waals surface area (Å²) in [6.07, 6.45) is 7.47. The number of rotatable bonds is 2. The SMILES string of the molecule is C=CC(=O)N1CCC[C@@H](n2n[c-]c3c(N)ncnc32)C1.[Y]. The van der Waals surface area contributed by atoms with Crippen molar-refractivity contribution in [3.8, 4) is 0 Å². The van der Waals surface area contributed by atoms with Crippen LogP contribution in [0, 0.1) is 6.20 Å². The molecule has 2 aromatic heterocycles. The van der Waals surface area contributed by atoms with E-state index in [1.165, 1.54) is 12.4 Å². The largest absolute Gasteiger partial charge is 0.434 e. The van der Waals surface area contributed by atoms with Gasteiger partial charge < -0.3 is 15.3 Å². The Morgan fingerprint density at radius 3 is 3.10 bits per heavy atom. The molecule has 107 valence electrons. The molecule has 1 radical (unpaired) electrons. The molecule has 1 saturated heterocycles. The van der Waals surface area contributed by atoms with Crippen LogP contribution in [0.25, 0.3) is 11.0 Å². The second-order valence-corrected chi connectivity index (χ2v) is 4.80. The third-order valence-electron chi connectivity index (χ3n) is 3.57. The Labute approximate surface area is 147 Å². The molecule has 0 bridgehead atoms. The quantitative estimate of drug-likeness (QED) is 0.624. The number of carbonyl (C=O) groups excluding carboxylic acids is 1. The van der Waals surface area contributed by atoms with Crippen molar-refractivity contribution in [2.75, 3.05) is 18.8 Å². The van der Waals surface area contributed by atoms with E-state index in [4.69, 9.17) is 5.73 Å². The maximum atomic E-state index is 11.7. The van der Waals surface area contributed by atoms with Crippen molar-refractivity contribution in [1.82, 2.24) is 24.6 Å². The fraction of sp³-hybridized carbons (Fsp3) is 0.385. The summed E-state index contributed by atoms with van der Waals surface area (Å²) in [5, 5.41) is 4.87. The molecule has 1 amide bonds. The average molecular weight is 360 g/mol. The number of anilines is 1. The number of likely N-dealkylation sites (tertiary alicyclic amines) is 1. The van der Waals surface area contributed by atoms with Crippen LogP contribution in [0.5, 0.6) is 0 Å². The molecule has 2 N–H and O–H groups in total. The third kappa shape index (κ3) is 2.99. The minimum atomic E-state index is -0.0516. The molecule has 0 saturated carbocycles.